The second-order valence-electron chi connectivity index (χ2n) is 6.30. The molecule has 3 heterocycles. The summed E-state index contributed by atoms with van der Waals surface area (Å²) in [6.45, 7) is 0.146. The van der Waals surface area contributed by atoms with Crippen LogP contribution < -0.4 is 9.62 Å². The van der Waals surface area contributed by atoms with Gasteiger partial charge in [-0.3, -0.25) is 9.29 Å². The summed E-state index contributed by atoms with van der Waals surface area (Å²) < 4.78 is 63.4. The third-order valence-electron chi connectivity index (χ3n) is 4.12. The van der Waals surface area contributed by atoms with E-state index in [1.54, 1.807) is 12.1 Å². The predicted octanol–water partition coefficient (Wildman–Crippen LogP) is 2.96. The van der Waals surface area contributed by atoms with Crippen LogP contribution in [-0.2, 0) is 22.7 Å². The molecule has 0 amide bonds. The van der Waals surface area contributed by atoms with Gasteiger partial charge in [-0.1, -0.05) is 6.07 Å². The van der Waals surface area contributed by atoms with E-state index in [1.165, 1.54) is 31.7 Å². The molecular formula is C18H17F3N6O2S. The van der Waals surface area contributed by atoms with E-state index in [2.05, 4.69) is 25.3 Å². The molecule has 30 heavy (non-hydrogen) atoms. The van der Waals surface area contributed by atoms with E-state index in [1.807, 2.05) is 0 Å². The molecule has 1 N–H and O–H groups in total. The summed E-state index contributed by atoms with van der Waals surface area (Å²) in [5.41, 5.74) is 0.136. The first-order chi connectivity index (χ1) is 14.1. The van der Waals surface area contributed by atoms with Gasteiger partial charge in [0.15, 0.2) is 0 Å². The summed E-state index contributed by atoms with van der Waals surface area (Å²) in [4.78, 5) is 16.0. The second-order valence-corrected chi connectivity index (χ2v) is 8.31. The Labute approximate surface area is 170 Å². The summed E-state index contributed by atoms with van der Waals surface area (Å²) in [6.07, 6.45) is 1.44. The monoisotopic (exact) mass is 438 g/mol. The fourth-order valence-corrected chi connectivity index (χ4v) is 3.00. The maximum atomic E-state index is 12.9. The van der Waals surface area contributed by atoms with Gasteiger partial charge in [-0.05, 0) is 18.2 Å². The molecule has 0 saturated carbocycles. The highest BCUT2D eigenvalue weighted by molar-refractivity contribution is 7.92. The summed E-state index contributed by atoms with van der Waals surface area (Å²) >= 11 is 0. The number of nitrogens with one attached hydrogen (secondary N) is 1. The van der Waals surface area contributed by atoms with Crippen LogP contribution in [0.3, 0.4) is 0 Å². The lowest BCUT2D eigenvalue weighted by molar-refractivity contribution is -0.137. The van der Waals surface area contributed by atoms with Gasteiger partial charge in [0.25, 0.3) is 0 Å². The Morgan fingerprint density at radius 2 is 1.90 bits per heavy atom. The van der Waals surface area contributed by atoms with Crippen LogP contribution in [0.15, 0.2) is 49.1 Å². The van der Waals surface area contributed by atoms with Crippen molar-refractivity contribution < 1.29 is 21.6 Å². The molecule has 158 valence electrons. The number of halogens is 3. The lowest BCUT2D eigenvalue weighted by atomic mass is 10.1. The summed E-state index contributed by atoms with van der Waals surface area (Å²) in [6, 6.07) is 5.77. The highest BCUT2D eigenvalue weighted by Crippen LogP contribution is 2.31. The Morgan fingerprint density at radius 1 is 1.13 bits per heavy atom. The van der Waals surface area contributed by atoms with E-state index < -0.39 is 21.8 Å². The zero-order chi connectivity index (χ0) is 21.9. The second kappa shape index (κ2) is 8.22. The van der Waals surface area contributed by atoms with Crippen LogP contribution in [0.5, 0.6) is 0 Å². The molecule has 0 spiro atoms. The number of hydrogen-bond acceptors (Lipinski definition) is 7. The molecule has 12 heteroatoms. The van der Waals surface area contributed by atoms with Crippen molar-refractivity contribution in [1.29, 1.82) is 0 Å². The standard InChI is InChI=1S/C18H17F3N6O2S/c1-27(30(2,28)29)16-12(4-3-6-23-16)10-25-17-24-7-5-15(26-17)13-8-14(11-22-9-13)18(19,20)21/h3-9,11H,10H2,1-2H3,(H,24,25,26). The van der Waals surface area contributed by atoms with Crippen LogP contribution in [-0.4, -0.2) is 41.7 Å². The largest absolute Gasteiger partial charge is 0.417 e. The van der Waals surface area contributed by atoms with E-state index in [0.29, 0.717) is 5.56 Å². The van der Waals surface area contributed by atoms with Crippen molar-refractivity contribution in [2.24, 2.45) is 0 Å². The highest BCUT2D eigenvalue weighted by atomic mass is 32.2. The lowest BCUT2D eigenvalue weighted by Gasteiger charge is -2.19. The molecule has 0 radical (unpaired) electrons. The molecule has 0 unspecified atom stereocenters. The Bertz CT molecular complexity index is 1150. The van der Waals surface area contributed by atoms with Crippen LogP contribution in [0.1, 0.15) is 11.1 Å². The molecule has 0 aliphatic heterocycles. The number of aromatic nitrogens is 4. The summed E-state index contributed by atoms with van der Waals surface area (Å²) in [5, 5.41) is 2.94. The quantitative estimate of drug-likeness (QED) is 0.631. The zero-order valence-corrected chi connectivity index (χ0v) is 16.7. The van der Waals surface area contributed by atoms with Crippen molar-refractivity contribution in [2.75, 3.05) is 22.9 Å². The van der Waals surface area contributed by atoms with Crippen LogP contribution in [0, 0.1) is 0 Å². The molecule has 0 aliphatic carbocycles. The molecule has 3 aromatic heterocycles. The fraction of sp³-hybridized carbons (Fsp3) is 0.222. The minimum Gasteiger partial charge on any atom is -0.350 e. The third kappa shape index (κ3) is 5.00. The van der Waals surface area contributed by atoms with Crippen LogP contribution in [0.4, 0.5) is 24.9 Å². The number of sulfonamides is 1. The molecular weight excluding hydrogens is 421 g/mol. The Balaban J connectivity index is 1.83. The van der Waals surface area contributed by atoms with Crippen LogP contribution in [0.2, 0.25) is 0 Å². The van der Waals surface area contributed by atoms with E-state index in [0.717, 1.165) is 22.8 Å². The third-order valence-corrected chi connectivity index (χ3v) is 5.28. The van der Waals surface area contributed by atoms with Crippen molar-refractivity contribution >= 4 is 21.8 Å². The zero-order valence-electron chi connectivity index (χ0n) is 15.9. The molecule has 0 atom stereocenters. The van der Waals surface area contributed by atoms with Gasteiger partial charge in [0, 0.05) is 49.5 Å². The number of nitrogens with zero attached hydrogens (tertiary/aromatic N) is 5. The first-order valence-corrected chi connectivity index (χ1v) is 10.4. The van der Waals surface area contributed by atoms with Gasteiger partial charge in [-0.15, -0.1) is 0 Å². The van der Waals surface area contributed by atoms with E-state index in [9.17, 15) is 21.6 Å². The molecule has 8 nitrogen and oxygen atoms in total. The van der Waals surface area contributed by atoms with Gasteiger partial charge in [-0.25, -0.2) is 23.4 Å². The van der Waals surface area contributed by atoms with E-state index in [-0.39, 0.29) is 29.6 Å². The molecule has 0 fully saturated rings. The molecule has 0 aliphatic rings. The molecule has 0 aromatic carbocycles. The van der Waals surface area contributed by atoms with Gasteiger partial charge in [0.2, 0.25) is 16.0 Å². The van der Waals surface area contributed by atoms with Crippen molar-refractivity contribution in [1.82, 2.24) is 19.9 Å². The van der Waals surface area contributed by atoms with Crippen molar-refractivity contribution in [3.8, 4) is 11.3 Å². The van der Waals surface area contributed by atoms with Gasteiger partial charge in [0.1, 0.15) is 5.82 Å². The Hall–Kier alpha value is -3.28. The van der Waals surface area contributed by atoms with Gasteiger partial charge < -0.3 is 5.32 Å². The molecule has 0 saturated heterocycles. The van der Waals surface area contributed by atoms with Gasteiger partial charge in [0.05, 0.1) is 17.5 Å². The smallest absolute Gasteiger partial charge is 0.350 e. The first-order valence-electron chi connectivity index (χ1n) is 8.53. The number of alkyl halides is 3. The number of pyridine rings is 2. The van der Waals surface area contributed by atoms with E-state index >= 15 is 0 Å². The molecule has 3 rings (SSSR count). The Morgan fingerprint density at radius 3 is 2.60 bits per heavy atom. The lowest BCUT2D eigenvalue weighted by Crippen LogP contribution is -2.27. The normalized spacial score (nSPS) is 11.9. The average molecular weight is 438 g/mol. The predicted molar refractivity (Wildman–Crippen MR) is 105 cm³/mol. The highest BCUT2D eigenvalue weighted by Gasteiger charge is 2.31. The van der Waals surface area contributed by atoms with E-state index in [4.69, 9.17) is 0 Å². The van der Waals surface area contributed by atoms with Crippen molar-refractivity contribution in [3.05, 3.63) is 60.2 Å². The van der Waals surface area contributed by atoms with Crippen LogP contribution in [0.25, 0.3) is 11.3 Å². The first kappa shape index (κ1) is 21.4. The average Bonchev–Trinajstić information content (AvgIpc) is 2.71. The number of rotatable bonds is 6. The van der Waals surface area contributed by atoms with Crippen LogP contribution >= 0.6 is 0 Å². The van der Waals surface area contributed by atoms with Gasteiger partial charge in [-0.2, -0.15) is 13.2 Å². The maximum Gasteiger partial charge on any atom is 0.417 e. The number of anilines is 2. The summed E-state index contributed by atoms with van der Waals surface area (Å²) in [7, 11) is -2.12. The summed E-state index contributed by atoms with van der Waals surface area (Å²) in [5.74, 6) is 0.396. The minimum atomic E-state index is -4.51. The van der Waals surface area contributed by atoms with Crippen molar-refractivity contribution in [2.45, 2.75) is 12.7 Å². The van der Waals surface area contributed by atoms with Crippen molar-refractivity contribution in [3.63, 3.8) is 0 Å². The SMILES string of the molecule is CN(c1ncccc1CNc1nccc(-c2cncc(C(F)(F)F)c2)n1)S(C)(=O)=O. The maximum absolute atomic E-state index is 12.9. The minimum absolute atomic E-state index is 0.146. The Kier molecular flexibility index (Phi) is 5.87. The molecule has 0 bridgehead atoms. The molecule has 3 aromatic rings. The number of hydrogen-bond donors (Lipinski definition) is 1. The fourth-order valence-electron chi connectivity index (χ4n) is 2.52. The topological polar surface area (TPSA) is 101 Å². The van der Waals surface area contributed by atoms with Gasteiger partial charge >= 0.3 is 6.18 Å².